The first-order valence-corrected chi connectivity index (χ1v) is 10.3. The number of thiazole rings is 1. The van der Waals surface area contributed by atoms with Crippen LogP contribution in [0, 0.1) is 6.92 Å². The highest BCUT2D eigenvalue weighted by molar-refractivity contribution is 7.19. The summed E-state index contributed by atoms with van der Waals surface area (Å²) in [4.78, 5) is 16.9. The molecule has 1 aliphatic rings. The maximum absolute atomic E-state index is 12.3. The molecule has 3 heterocycles. The number of rotatable bonds is 4. The number of anilines is 1. The number of para-hydroxylation sites is 1. The van der Waals surface area contributed by atoms with Gasteiger partial charge in [-0.2, -0.15) is 0 Å². The molecular weight excluding hydrogens is 402 g/mol. The molecule has 2 aromatic carbocycles. The molecule has 5 rings (SSSR count). The molecule has 9 heteroatoms. The number of hydrogen-bond acceptors (Lipinski definition) is 7. The number of aromatic nitrogens is 4. The highest BCUT2D eigenvalue weighted by Gasteiger charge is 2.20. The molecule has 0 fully saturated rings. The van der Waals surface area contributed by atoms with Gasteiger partial charge in [-0.1, -0.05) is 34.7 Å². The van der Waals surface area contributed by atoms with Crippen LogP contribution in [-0.4, -0.2) is 32.7 Å². The van der Waals surface area contributed by atoms with Crippen molar-refractivity contribution in [2.45, 2.75) is 20.0 Å². The van der Waals surface area contributed by atoms with Crippen LogP contribution in [0.3, 0.4) is 0 Å². The molecule has 0 aliphatic carbocycles. The first-order valence-electron chi connectivity index (χ1n) is 9.53. The Balaban J connectivity index is 1.28. The summed E-state index contributed by atoms with van der Waals surface area (Å²) in [5, 5.41) is 12.3. The van der Waals surface area contributed by atoms with Gasteiger partial charge in [-0.25, -0.2) is 14.5 Å². The molecule has 0 atom stereocenters. The Morgan fingerprint density at radius 1 is 1.33 bits per heavy atom. The number of nitrogens with one attached hydrogen (secondary N) is 1. The summed E-state index contributed by atoms with van der Waals surface area (Å²) in [5.74, 6) is 0.889. The Kier molecular flexibility index (Phi) is 4.59. The van der Waals surface area contributed by atoms with E-state index in [2.05, 4.69) is 26.7 Å². The molecule has 1 amide bonds. The van der Waals surface area contributed by atoms with Crippen molar-refractivity contribution in [2.24, 2.45) is 7.05 Å². The van der Waals surface area contributed by atoms with Gasteiger partial charge in [0.05, 0.1) is 23.4 Å². The van der Waals surface area contributed by atoms with Gasteiger partial charge in [0.1, 0.15) is 27.9 Å². The maximum atomic E-state index is 12.3. The van der Waals surface area contributed by atoms with Gasteiger partial charge < -0.3 is 9.47 Å². The second-order valence-corrected chi connectivity index (χ2v) is 8.06. The zero-order valence-corrected chi connectivity index (χ0v) is 17.3. The van der Waals surface area contributed by atoms with Crippen LogP contribution in [0.25, 0.3) is 21.6 Å². The van der Waals surface area contributed by atoms with Crippen LogP contribution in [0.1, 0.15) is 16.8 Å². The third-order valence-electron chi connectivity index (χ3n) is 5.00. The van der Waals surface area contributed by atoms with Crippen molar-refractivity contribution in [3.05, 3.63) is 53.2 Å². The number of amides is 1. The van der Waals surface area contributed by atoms with Gasteiger partial charge >= 0.3 is 6.09 Å². The number of fused-ring (bicyclic) bond motifs is 2. The summed E-state index contributed by atoms with van der Waals surface area (Å²) in [6.45, 7) is 2.69. The average Bonchev–Trinajstić information content (AvgIpc) is 3.46. The van der Waals surface area contributed by atoms with Gasteiger partial charge in [-0.05, 0) is 36.2 Å². The number of ether oxygens (including phenoxy) is 2. The van der Waals surface area contributed by atoms with Crippen LogP contribution >= 0.6 is 11.3 Å². The van der Waals surface area contributed by atoms with E-state index in [1.54, 1.807) is 4.68 Å². The molecule has 8 nitrogen and oxygen atoms in total. The third kappa shape index (κ3) is 3.37. The summed E-state index contributed by atoms with van der Waals surface area (Å²) < 4.78 is 12.9. The zero-order valence-electron chi connectivity index (χ0n) is 16.5. The van der Waals surface area contributed by atoms with Crippen LogP contribution in [0.15, 0.2) is 36.4 Å². The van der Waals surface area contributed by atoms with Gasteiger partial charge in [0.25, 0.3) is 0 Å². The Bertz CT molecular complexity index is 1260. The van der Waals surface area contributed by atoms with Gasteiger partial charge in [-0.15, -0.1) is 5.10 Å². The smallest absolute Gasteiger partial charge is 0.412 e. The minimum atomic E-state index is -0.526. The van der Waals surface area contributed by atoms with Crippen molar-refractivity contribution in [1.29, 1.82) is 0 Å². The number of carbonyl (C=O) groups excluding carboxylic acids is 1. The highest BCUT2D eigenvalue weighted by Crippen LogP contribution is 2.40. The minimum Gasteiger partial charge on any atom is -0.492 e. The normalized spacial score (nSPS) is 12.6. The molecule has 152 valence electrons. The quantitative estimate of drug-likeness (QED) is 0.534. The lowest BCUT2D eigenvalue weighted by molar-refractivity contribution is 0.155. The molecule has 2 aromatic heterocycles. The van der Waals surface area contributed by atoms with Gasteiger partial charge in [0.15, 0.2) is 0 Å². The molecule has 0 bridgehead atoms. The first kappa shape index (κ1) is 18.6. The lowest BCUT2D eigenvalue weighted by atomic mass is 10.1. The number of carbonyl (C=O) groups is 1. The topological polar surface area (TPSA) is 91.2 Å². The Morgan fingerprint density at radius 2 is 2.23 bits per heavy atom. The first-order chi connectivity index (χ1) is 14.6. The van der Waals surface area contributed by atoms with Gasteiger partial charge in [0.2, 0.25) is 0 Å². The van der Waals surface area contributed by atoms with Crippen LogP contribution in [0.4, 0.5) is 9.80 Å². The Labute approximate surface area is 176 Å². The van der Waals surface area contributed by atoms with E-state index >= 15 is 0 Å². The summed E-state index contributed by atoms with van der Waals surface area (Å²) in [6, 6.07) is 11.7. The average molecular weight is 421 g/mol. The molecule has 30 heavy (non-hydrogen) atoms. The second-order valence-electron chi connectivity index (χ2n) is 7.06. The molecule has 1 aliphatic heterocycles. The number of nitrogens with zero attached hydrogens (tertiary/aromatic N) is 4. The van der Waals surface area contributed by atoms with E-state index in [0.29, 0.717) is 11.6 Å². The van der Waals surface area contributed by atoms with E-state index in [-0.39, 0.29) is 6.61 Å². The predicted molar refractivity (Wildman–Crippen MR) is 114 cm³/mol. The van der Waals surface area contributed by atoms with Crippen molar-refractivity contribution in [3.8, 4) is 16.3 Å². The van der Waals surface area contributed by atoms with Crippen LogP contribution < -0.4 is 10.1 Å². The van der Waals surface area contributed by atoms with Crippen molar-refractivity contribution >= 4 is 33.5 Å². The molecular formula is C21H19N5O3S. The Hall–Kier alpha value is -3.46. The third-order valence-corrected chi connectivity index (χ3v) is 6.11. The highest BCUT2D eigenvalue weighted by atomic mass is 32.1. The van der Waals surface area contributed by atoms with E-state index in [1.165, 1.54) is 16.9 Å². The molecule has 4 aromatic rings. The molecule has 0 spiro atoms. The summed E-state index contributed by atoms with van der Waals surface area (Å²) >= 11 is 1.41. The predicted octanol–water partition coefficient (Wildman–Crippen LogP) is 4.08. The van der Waals surface area contributed by atoms with Gasteiger partial charge in [0, 0.05) is 13.5 Å². The van der Waals surface area contributed by atoms with E-state index in [9.17, 15) is 4.79 Å². The van der Waals surface area contributed by atoms with E-state index in [0.717, 1.165) is 45.0 Å². The fourth-order valence-corrected chi connectivity index (χ4v) is 4.44. The number of hydrogen-bond donors (Lipinski definition) is 1. The molecule has 1 N–H and O–H groups in total. The number of benzene rings is 2. The number of aryl methyl sites for hydroxylation is 2. The molecule has 0 saturated carbocycles. The van der Waals surface area contributed by atoms with Crippen molar-refractivity contribution < 1.29 is 14.3 Å². The van der Waals surface area contributed by atoms with Gasteiger partial charge in [-0.3, -0.25) is 5.32 Å². The minimum absolute atomic E-state index is 0.142. The van der Waals surface area contributed by atoms with Crippen molar-refractivity contribution in [3.63, 3.8) is 0 Å². The lowest BCUT2D eigenvalue weighted by Crippen LogP contribution is -2.13. The summed E-state index contributed by atoms with van der Waals surface area (Å²) in [5.41, 5.74) is 5.42. The fourth-order valence-electron chi connectivity index (χ4n) is 3.46. The summed E-state index contributed by atoms with van der Waals surface area (Å²) in [7, 11) is 1.83. The fraction of sp³-hybridized carbons (Fsp3) is 0.238. The van der Waals surface area contributed by atoms with E-state index < -0.39 is 6.09 Å². The van der Waals surface area contributed by atoms with Crippen molar-refractivity contribution in [2.75, 3.05) is 11.9 Å². The lowest BCUT2D eigenvalue weighted by Gasteiger charge is -2.06. The molecule has 0 saturated heterocycles. The molecule has 0 unspecified atom stereocenters. The summed E-state index contributed by atoms with van der Waals surface area (Å²) in [6.07, 6.45) is 0.382. The zero-order chi connectivity index (χ0) is 20.7. The Morgan fingerprint density at radius 3 is 3.13 bits per heavy atom. The van der Waals surface area contributed by atoms with E-state index in [4.69, 9.17) is 9.47 Å². The largest absolute Gasteiger partial charge is 0.492 e. The van der Waals surface area contributed by atoms with Crippen LogP contribution in [0.2, 0.25) is 0 Å². The standard InChI is InChI=1S/C21H19N5O3S/c1-12-19(30-20(22-12)15-5-3-4-14-8-9-28-18(14)15)23-21(27)29-11-13-6-7-17-16(10-13)24-25-26(17)2/h3-7,10H,8-9,11H2,1-2H3,(H,23,27). The monoisotopic (exact) mass is 421 g/mol. The van der Waals surface area contributed by atoms with E-state index in [1.807, 2.05) is 44.3 Å². The van der Waals surface area contributed by atoms with Crippen molar-refractivity contribution in [1.82, 2.24) is 20.0 Å². The second kappa shape index (κ2) is 7.42. The molecule has 0 radical (unpaired) electrons. The van der Waals surface area contributed by atoms with Crippen LogP contribution in [-0.2, 0) is 24.8 Å². The SMILES string of the molecule is Cc1nc(-c2cccc3c2OCC3)sc1NC(=O)OCc1ccc2c(c1)nnn2C. The van der Waals surface area contributed by atoms with Crippen LogP contribution in [0.5, 0.6) is 5.75 Å². The maximum Gasteiger partial charge on any atom is 0.412 e.